The molecule has 8 heteroatoms. The predicted molar refractivity (Wildman–Crippen MR) is 133 cm³/mol. The number of ether oxygens (including phenoxy) is 2. The minimum atomic E-state index is -0.126. The first-order chi connectivity index (χ1) is 15.3. The maximum Gasteiger partial charge on any atom is 0.257 e. The Morgan fingerprint density at radius 3 is 1.50 bits per heavy atom. The van der Waals surface area contributed by atoms with Gasteiger partial charge >= 0.3 is 0 Å². The van der Waals surface area contributed by atoms with Crippen molar-refractivity contribution in [2.24, 2.45) is 0 Å². The molecule has 174 valence electrons. The summed E-state index contributed by atoms with van der Waals surface area (Å²) < 4.78 is 13.0. The highest BCUT2D eigenvalue weighted by Crippen LogP contribution is 2.22. The second kappa shape index (κ2) is 14.2. The van der Waals surface area contributed by atoms with Gasteiger partial charge in [0.15, 0.2) is 13.2 Å². The number of halogens is 2. The Balaban J connectivity index is 1.45. The molecule has 0 aliphatic carbocycles. The molecule has 0 bridgehead atoms. The molecule has 0 radical (unpaired) electrons. The molecule has 2 N–H and O–H groups in total. The summed E-state index contributed by atoms with van der Waals surface area (Å²) in [6.07, 6.45) is 3.75. The summed E-state index contributed by atoms with van der Waals surface area (Å²) in [5.74, 6) is 1.11. The Labute approximate surface area is 206 Å². The second-order valence-corrected chi connectivity index (χ2v) is 9.22. The lowest BCUT2D eigenvalue weighted by atomic mass is 10.2. The molecule has 6 nitrogen and oxygen atoms in total. The van der Waals surface area contributed by atoms with Crippen LogP contribution in [0.1, 0.15) is 36.8 Å². The van der Waals surface area contributed by atoms with Crippen molar-refractivity contribution in [2.45, 2.75) is 39.5 Å². The number of nitrogens with one attached hydrogen (secondary N) is 2. The van der Waals surface area contributed by atoms with Crippen LogP contribution in [-0.4, -0.2) is 38.1 Å². The van der Waals surface area contributed by atoms with E-state index in [1.807, 2.05) is 50.2 Å². The van der Waals surface area contributed by atoms with Gasteiger partial charge in [-0.05, 0) is 74.2 Å². The number of hydrogen-bond acceptors (Lipinski definition) is 4. The fourth-order valence-corrected chi connectivity index (χ4v) is 3.37. The number of benzene rings is 2. The van der Waals surface area contributed by atoms with Crippen molar-refractivity contribution in [3.63, 3.8) is 0 Å². The van der Waals surface area contributed by atoms with E-state index in [1.54, 1.807) is 0 Å². The summed E-state index contributed by atoms with van der Waals surface area (Å²) in [7, 11) is 0. The predicted octanol–water partition coefficient (Wildman–Crippen LogP) is 5.08. The number of aryl methyl sites for hydroxylation is 2. The van der Waals surface area contributed by atoms with E-state index < -0.39 is 0 Å². The minimum Gasteiger partial charge on any atom is -0.484 e. The summed E-state index contributed by atoms with van der Waals surface area (Å²) >= 11 is 6.88. The number of rotatable bonds is 13. The van der Waals surface area contributed by atoms with E-state index in [4.69, 9.17) is 9.47 Å². The monoisotopic (exact) mass is 568 g/mol. The van der Waals surface area contributed by atoms with Gasteiger partial charge < -0.3 is 20.1 Å². The third-order valence-electron chi connectivity index (χ3n) is 4.75. The van der Waals surface area contributed by atoms with E-state index in [1.165, 1.54) is 0 Å². The molecule has 2 aromatic rings. The zero-order chi connectivity index (χ0) is 23.3. The van der Waals surface area contributed by atoms with Gasteiger partial charge in [0.05, 0.1) is 0 Å². The van der Waals surface area contributed by atoms with Crippen LogP contribution in [0.5, 0.6) is 11.5 Å². The van der Waals surface area contributed by atoms with Crippen LogP contribution in [0, 0.1) is 13.8 Å². The van der Waals surface area contributed by atoms with Gasteiger partial charge in [-0.3, -0.25) is 9.59 Å². The van der Waals surface area contributed by atoms with E-state index in [0.717, 1.165) is 45.8 Å². The Morgan fingerprint density at radius 1 is 0.719 bits per heavy atom. The van der Waals surface area contributed by atoms with Crippen LogP contribution in [0.15, 0.2) is 45.3 Å². The summed E-state index contributed by atoms with van der Waals surface area (Å²) in [6.45, 7) is 5.20. The Bertz CT molecular complexity index is 832. The average molecular weight is 570 g/mol. The van der Waals surface area contributed by atoms with Crippen molar-refractivity contribution >= 4 is 43.7 Å². The van der Waals surface area contributed by atoms with E-state index in [2.05, 4.69) is 42.5 Å². The van der Waals surface area contributed by atoms with Gasteiger partial charge in [0.25, 0.3) is 11.8 Å². The molecule has 0 unspecified atom stereocenters. The molecule has 0 aliphatic rings. The van der Waals surface area contributed by atoms with Gasteiger partial charge in [0, 0.05) is 22.0 Å². The second-order valence-electron chi connectivity index (χ2n) is 7.51. The largest absolute Gasteiger partial charge is 0.484 e. The van der Waals surface area contributed by atoms with Crippen LogP contribution < -0.4 is 20.1 Å². The van der Waals surface area contributed by atoms with Crippen LogP contribution in [0.2, 0.25) is 0 Å². The average Bonchev–Trinajstić information content (AvgIpc) is 2.77. The lowest BCUT2D eigenvalue weighted by Crippen LogP contribution is -2.30. The van der Waals surface area contributed by atoms with E-state index in [-0.39, 0.29) is 25.0 Å². The molecule has 0 aromatic heterocycles. The fraction of sp³-hybridized carbons (Fsp3) is 0.417. The lowest BCUT2D eigenvalue weighted by molar-refractivity contribution is -0.123. The summed E-state index contributed by atoms with van der Waals surface area (Å²) in [6, 6.07) is 11.3. The number of amides is 2. The van der Waals surface area contributed by atoms with Crippen molar-refractivity contribution in [1.29, 1.82) is 0 Å². The summed E-state index contributed by atoms with van der Waals surface area (Å²) in [5.41, 5.74) is 2.12. The quantitative estimate of drug-likeness (QED) is 0.330. The van der Waals surface area contributed by atoms with Crippen LogP contribution in [-0.2, 0) is 9.59 Å². The van der Waals surface area contributed by atoms with Gasteiger partial charge in [-0.2, -0.15) is 0 Å². The molecule has 0 saturated carbocycles. The molecule has 0 aliphatic heterocycles. The standard InChI is InChI=1S/C24H30Br2N2O4/c1-17-13-19(7-9-21(17)25)31-15-23(29)27-11-5-3-4-6-12-28-24(30)16-32-20-8-10-22(26)18(2)14-20/h7-10,13-14H,3-6,11-12,15-16H2,1-2H3,(H,27,29)(H,28,30). The molecule has 2 aromatic carbocycles. The van der Waals surface area contributed by atoms with Crippen LogP contribution in [0.3, 0.4) is 0 Å². The Morgan fingerprint density at radius 2 is 1.12 bits per heavy atom. The molecular weight excluding hydrogens is 540 g/mol. The van der Waals surface area contributed by atoms with Crippen LogP contribution >= 0.6 is 31.9 Å². The molecule has 0 atom stereocenters. The number of hydrogen-bond donors (Lipinski definition) is 2. The zero-order valence-electron chi connectivity index (χ0n) is 18.5. The summed E-state index contributed by atoms with van der Waals surface area (Å²) in [4.78, 5) is 23.7. The maximum absolute atomic E-state index is 11.9. The van der Waals surface area contributed by atoms with E-state index in [9.17, 15) is 9.59 Å². The minimum absolute atomic E-state index is 0.00893. The maximum atomic E-state index is 11.9. The molecule has 32 heavy (non-hydrogen) atoms. The van der Waals surface area contributed by atoms with Gasteiger partial charge in [-0.1, -0.05) is 44.7 Å². The number of unbranched alkanes of at least 4 members (excludes halogenated alkanes) is 3. The molecular formula is C24H30Br2N2O4. The van der Waals surface area contributed by atoms with Crippen molar-refractivity contribution in [3.8, 4) is 11.5 Å². The Kier molecular flexibility index (Phi) is 11.6. The van der Waals surface area contributed by atoms with Crippen molar-refractivity contribution in [3.05, 3.63) is 56.5 Å². The van der Waals surface area contributed by atoms with Crippen molar-refractivity contribution < 1.29 is 19.1 Å². The highest BCUT2D eigenvalue weighted by atomic mass is 79.9. The smallest absolute Gasteiger partial charge is 0.257 e. The van der Waals surface area contributed by atoms with Gasteiger partial charge in [-0.15, -0.1) is 0 Å². The van der Waals surface area contributed by atoms with Gasteiger partial charge in [0.1, 0.15) is 11.5 Å². The highest BCUT2D eigenvalue weighted by molar-refractivity contribution is 9.10. The molecule has 0 spiro atoms. The SMILES string of the molecule is Cc1cc(OCC(=O)NCCCCCCNC(=O)COc2ccc(Br)c(C)c2)ccc1Br. The number of carbonyl (C=O) groups excluding carboxylic acids is 2. The highest BCUT2D eigenvalue weighted by Gasteiger charge is 2.05. The third kappa shape index (κ3) is 10.0. The van der Waals surface area contributed by atoms with Crippen molar-refractivity contribution in [2.75, 3.05) is 26.3 Å². The molecule has 2 rings (SSSR count). The molecule has 0 saturated heterocycles. The van der Waals surface area contributed by atoms with Gasteiger partial charge in [-0.25, -0.2) is 0 Å². The van der Waals surface area contributed by atoms with Crippen LogP contribution in [0.4, 0.5) is 0 Å². The van der Waals surface area contributed by atoms with Gasteiger partial charge in [0.2, 0.25) is 0 Å². The fourth-order valence-electron chi connectivity index (χ4n) is 2.87. The normalized spacial score (nSPS) is 10.5. The van der Waals surface area contributed by atoms with Crippen molar-refractivity contribution in [1.82, 2.24) is 10.6 Å². The third-order valence-corrected chi connectivity index (χ3v) is 6.53. The zero-order valence-corrected chi connectivity index (χ0v) is 21.7. The molecule has 0 heterocycles. The lowest BCUT2D eigenvalue weighted by Gasteiger charge is -2.09. The molecule has 0 fully saturated rings. The Hall–Kier alpha value is -2.06. The topological polar surface area (TPSA) is 76.7 Å². The van der Waals surface area contributed by atoms with E-state index in [0.29, 0.717) is 24.6 Å². The first-order valence-electron chi connectivity index (χ1n) is 10.7. The van der Waals surface area contributed by atoms with E-state index >= 15 is 0 Å². The number of carbonyl (C=O) groups is 2. The first kappa shape index (κ1) is 26.2. The summed E-state index contributed by atoms with van der Waals surface area (Å²) in [5, 5.41) is 5.73. The first-order valence-corrected chi connectivity index (χ1v) is 12.2. The van der Waals surface area contributed by atoms with Crippen LogP contribution in [0.25, 0.3) is 0 Å². The molecule has 2 amide bonds.